The summed E-state index contributed by atoms with van der Waals surface area (Å²) in [6.07, 6.45) is 5.09. The fourth-order valence-corrected chi connectivity index (χ4v) is 4.16. The first-order valence-corrected chi connectivity index (χ1v) is 9.60. The molecule has 1 aromatic heterocycles. The monoisotopic (exact) mass is 363 g/mol. The molecule has 1 spiro atoms. The molecule has 0 aromatic carbocycles. The van der Waals surface area contributed by atoms with Gasteiger partial charge in [0.2, 0.25) is 5.91 Å². The predicted molar refractivity (Wildman–Crippen MR) is 97.6 cm³/mol. The zero-order valence-electron chi connectivity index (χ0n) is 15.8. The van der Waals surface area contributed by atoms with Gasteiger partial charge in [-0.2, -0.15) is 0 Å². The van der Waals surface area contributed by atoms with Crippen LogP contribution in [0, 0.1) is 21.4 Å². The van der Waals surface area contributed by atoms with Gasteiger partial charge in [0.15, 0.2) is 0 Å². The van der Waals surface area contributed by atoms with Crippen molar-refractivity contribution < 1.29 is 14.1 Å². The van der Waals surface area contributed by atoms with Crippen molar-refractivity contribution in [2.24, 2.45) is 11.3 Å². The van der Waals surface area contributed by atoms with Crippen LogP contribution in [0.1, 0.15) is 51.7 Å². The molecule has 3 heterocycles. The third-order valence-corrected chi connectivity index (χ3v) is 5.88. The Balaban J connectivity index is 1.46. The SMILES string of the molecule is CC(C)CC(=O)N1CCC2(CCN(Cc3ccc([N+](=O)[O-])o3)CC2)CC1. The van der Waals surface area contributed by atoms with E-state index in [-0.39, 0.29) is 5.88 Å². The van der Waals surface area contributed by atoms with Crippen molar-refractivity contribution in [1.29, 1.82) is 0 Å². The highest BCUT2D eigenvalue weighted by Crippen LogP contribution is 2.41. The number of nitrogens with zero attached hydrogens (tertiary/aromatic N) is 3. The third kappa shape index (κ3) is 4.44. The van der Waals surface area contributed by atoms with Gasteiger partial charge in [-0.25, -0.2) is 0 Å². The molecule has 0 saturated carbocycles. The first kappa shape index (κ1) is 18.9. The second-order valence-electron chi connectivity index (χ2n) is 8.25. The molecule has 2 saturated heterocycles. The van der Waals surface area contributed by atoms with Gasteiger partial charge in [0, 0.05) is 19.5 Å². The minimum atomic E-state index is -0.497. The maximum atomic E-state index is 12.2. The van der Waals surface area contributed by atoms with Crippen LogP contribution in [0.5, 0.6) is 0 Å². The van der Waals surface area contributed by atoms with Gasteiger partial charge >= 0.3 is 5.88 Å². The van der Waals surface area contributed by atoms with Crippen molar-refractivity contribution in [3.05, 3.63) is 28.0 Å². The quantitative estimate of drug-likeness (QED) is 0.591. The average Bonchev–Trinajstić information content (AvgIpc) is 3.06. The van der Waals surface area contributed by atoms with E-state index in [2.05, 4.69) is 18.7 Å². The van der Waals surface area contributed by atoms with E-state index in [9.17, 15) is 14.9 Å². The van der Waals surface area contributed by atoms with Gasteiger partial charge in [-0.15, -0.1) is 0 Å². The van der Waals surface area contributed by atoms with Crippen molar-refractivity contribution in [3.63, 3.8) is 0 Å². The Kier molecular flexibility index (Phi) is 5.65. The van der Waals surface area contributed by atoms with E-state index in [1.165, 1.54) is 6.07 Å². The zero-order chi connectivity index (χ0) is 18.7. The number of piperidine rings is 2. The van der Waals surface area contributed by atoms with Crippen molar-refractivity contribution in [1.82, 2.24) is 9.80 Å². The Hall–Kier alpha value is -1.89. The van der Waals surface area contributed by atoms with Gasteiger partial charge in [-0.3, -0.25) is 19.8 Å². The lowest BCUT2D eigenvalue weighted by atomic mass is 9.71. The number of carbonyl (C=O) groups excluding carboxylic acids is 1. The lowest BCUT2D eigenvalue weighted by Crippen LogP contribution is -2.48. The maximum absolute atomic E-state index is 12.2. The first-order valence-electron chi connectivity index (χ1n) is 9.60. The summed E-state index contributed by atoms with van der Waals surface area (Å²) in [5, 5.41) is 10.7. The molecular weight excluding hydrogens is 334 g/mol. The highest BCUT2D eigenvalue weighted by atomic mass is 16.6. The molecule has 7 nitrogen and oxygen atoms in total. The minimum Gasteiger partial charge on any atom is -0.404 e. The summed E-state index contributed by atoms with van der Waals surface area (Å²) < 4.78 is 5.27. The van der Waals surface area contributed by atoms with Crippen molar-refractivity contribution in [2.45, 2.75) is 52.5 Å². The van der Waals surface area contributed by atoms with E-state index >= 15 is 0 Å². The molecule has 1 aromatic rings. The molecule has 144 valence electrons. The predicted octanol–water partition coefficient (Wildman–Crippen LogP) is 3.44. The summed E-state index contributed by atoms with van der Waals surface area (Å²) in [5.74, 6) is 1.18. The lowest BCUT2D eigenvalue weighted by molar-refractivity contribution is -0.402. The number of rotatable bonds is 5. The number of nitro groups is 1. The number of hydrogen-bond donors (Lipinski definition) is 0. The van der Waals surface area contributed by atoms with Gasteiger partial charge < -0.3 is 9.32 Å². The Bertz CT molecular complexity index is 637. The smallest absolute Gasteiger partial charge is 0.404 e. The highest BCUT2D eigenvalue weighted by Gasteiger charge is 2.38. The summed E-state index contributed by atoms with van der Waals surface area (Å²) >= 11 is 0. The molecule has 0 unspecified atom stereocenters. The van der Waals surface area contributed by atoms with E-state index in [0.717, 1.165) is 51.9 Å². The largest absolute Gasteiger partial charge is 0.433 e. The number of hydrogen-bond acceptors (Lipinski definition) is 5. The van der Waals surface area contributed by atoms with Crippen LogP contribution in [0.15, 0.2) is 16.5 Å². The van der Waals surface area contributed by atoms with Crippen LogP contribution in [-0.2, 0) is 11.3 Å². The summed E-state index contributed by atoms with van der Waals surface area (Å²) in [5.41, 5.74) is 0.361. The van der Waals surface area contributed by atoms with Gasteiger partial charge in [0.1, 0.15) is 10.7 Å². The minimum absolute atomic E-state index is 0.188. The molecule has 3 rings (SSSR count). The molecule has 0 aliphatic carbocycles. The van der Waals surface area contributed by atoms with Gasteiger partial charge in [0.25, 0.3) is 0 Å². The molecule has 2 aliphatic rings. The van der Waals surface area contributed by atoms with E-state index < -0.39 is 4.92 Å². The number of amides is 1. The van der Waals surface area contributed by atoms with Crippen LogP contribution < -0.4 is 0 Å². The van der Waals surface area contributed by atoms with Crippen molar-refractivity contribution in [2.75, 3.05) is 26.2 Å². The molecule has 0 bridgehead atoms. The zero-order valence-corrected chi connectivity index (χ0v) is 15.8. The topological polar surface area (TPSA) is 79.8 Å². The van der Waals surface area contributed by atoms with Crippen LogP contribution in [0.4, 0.5) is 5.88 Å². The standard InChI is InChI=1S/C19H29N3O4/c1-15(2)13-17(23)21-11-7-19(8-12-21)5-9-20(10-6-19)14-16-3-4-18(26-16)22(24)25/h3-4,15H,5-14H2,1-2H3. The van der Waals surface area contributed by atoms with E-state index in [1.807, 2.05) is 4.90 Å². The summed E-state index contributed by atoms with van der Waals surface area (Å²) in [4.78, 5) is 26.8. The number of furan rings is 1. The number of likely N-dealkylation sites (tertiary alicyclic amines) is 2. The highest BCUT2D eigenvalue weighted by molar-refractivity contribution is 5.76. The maximum Gasteiger partial charge on any atom is 0.433 e. The summed E-state index contributed by atoms with van der Waals surface area (Å²) in [6, 6.07) is 3.12. The van der Waals surface area contributed by atoms with E-state index in [1.54, 1.807) is 6.07 Å². The van der Waals surface area contributed by atoms with Gasteiger partial charge in [-0.1, -0.05) is 13.8 Å². The molecule has 1 amide bonds. The average molecular weight is 363 g/mol. The van der Waals surface area contributed by atoms with E-state index in [0.29, 0.717) is 36.0 Å². The van der Waals surface area contributed by atoms with Gasteiger partial charge in [0.05, 0.1) is 12.6 Å². The fraction of sp³-hybridized carbons (Fsp3) is 0.737. The second-order valence-corrected chi connectivity index (χ2v) is 8.25. The second kappa shape index (κ2) is 7.78. The lowest BCUT2D eigenvalue weighted by Gasteiger charge is -2.47. The van der Waals surface area contributed by atoms with Crippen LogP contribution >= 0.6 is 0 Å². The Labute approximate surface area is 154 Å². The molecule has 0 radical (unpaired) electrons. The normalized spacial score (nSPS) is 20.7. The van der Waals surface area contributed by atoms with Crippen molar-refractivity contribution in [3.8, 4) is 0 Å². The fourth-order valence-electron chi connectivity index (χ4n) is 4.16. The molecular formula is C19H29N3O4. The Morgan fingerprint density at radius 2 is 1.81 bits per heavy atom. The Morgan fingerprint density at radius 3 is 2.35 bits per heavy atom. The molecule has 0 N–H and O–H groups in total. The van der Waals surface area contributed by atoms with Crippen LogP contribution in [0.3, 0.4) is 0 Å². The molecule has 7 heteroatoms. The molecule has 2 aliphatic heterocycles. The Morgan fingerprint density at radius 1 is 1.19 bits per heavy atom. The van der Waals surface area contributed by atoms with Crippen LogP contribution in [-0.4, -0.2) is 46.8 Å². The molecule has 2 fully saturated rings. The third-order valence-electron chi connectivity index (χ3n) is 5.88. The van der Waals surface area contributed by atoms with E-state index in [4.69, 9.17) is 4.42 Å². The summed E-state index contributed by atoms with van der Waals surface area (Å²) in [7, 11) is 0. The van der Waals surface area contributed by atoms with Crippen LogP contribution in [0.25, 0.3) is 0 Å². The van der Waals surface area contributed by atoms with Crippen LogP contribution in [0.2, 0.25) is 0 Å². The first-order chi connectivity index (χ1) is 12.4. The number of carbonyl (C=O) groups is 1. The van der Waals surface area contributed by atoms with Gasteiger partial charge in [-0.05, 0) is 56.2 Å². The van der Waals surface area contributed by atoms with Crippen molar-refractivity contribution >= 4 is 11.8 Å². The summed E-state index contributed by atoms with van der Waals surface area (Å²) in [6.45, 7) is 8.54. The molecule has 26 heavy (non-hydrogen) atoms. The molecule has 0 atom stereocenters.